The van der Waals surface area contributed by atoms with Gasteiger partial charge in [-0.25, -0.2) is 0 Å². The summed E-state index contributed by atoms with van der Waals surface area (Å²) in [7, 11) is 0.709. The standard InChI is InChI=1S/C6H16OSi2/c1-6(8)9-5-3-2-4-7-9/h6,9H,2-5H2,1,8H3. The molecule has 0 aromatic heterocycles. The van der Waals surface area contributed by atoms with Crippen LogP contribution in [0.25, 0.3) is 0 Å². The van der Waals surface area contributed by atoms with Crippen LogP contribution in [-0.2, 0) is 4.43 Å². The molecule has 1 aliphatic heterocycles. The number of hydrogen-bond donors (Lipinski definition) is 0. The van der Waals surface area contributed by atoms with Gasteiger partial charge in [0.25, 0.3) is 0 Å². The molecule has 0 amide bonds. The molecule has 0 saturated carbocycles. The molecule has 0 aliphatic carbocycles. The van der Waals surface area contributed by atoms with Crippen LogP contribution < -0.4 is 0 Å². The molecule has 2 atom stereocenters. The minimum atomic E-state index is -0.638. The maximum atomic E-state index is 5.71. The van der Waals surface area contributed by atoms with Crippen molar-refractivity contribution < 1.29 is 4.43 Å². The van der Waals surface area contributed by atoms with Crippen LogP contribution in [0.15, 0.2) is 0 Å². The third-order valence-electron chi connectivity index (χ3n) is 1.96. The van der Waals surface area contributed by atoms with Gasteiger partial charge in [0, 0.05) is 16.8 Å². The molecule has 1 heterocycles. The fourth-order valence-electron chi connectivity index (χ4n) is 1.29. The molecule has 0 radical (unpaired) electrons. The van der Waals surface area contributed by atoms with Gasteiger partial charge in [0.2, 0.25) is 0 Å². The smallest absolute Gasteiger partial charge is 0.176 e. The second-order valence-electron chi connectivity index (χ2n) is 3.15. The van der Waals surface area contributed by atoms with Gasteiger partial charge in [-0.05, 0) is 17.6 Å². The van der Waals surface area contributed by atoms with Crippen LogP contribution in [0.4, 0.5) is 0 Å². The van der Waals surface area contributed by atoms with Crippen molar-refractivity contribution in [2.45, 2.75) is 31.0 Å². The van der Waals surface area contributed by atoms with E-state index in [0.717, 1.165) is 11.8 Å². The van der Waals surface area contributed by atoms with E-state index in [1.165, 1.54) is 29.1 Å². The van der Waals surface area contributed by atoms with Crippen LogP contribution in [0, 0.1) is 0 Å². The highest BCUT2D eigenvalue weighted by molar-refractivity contribution is 6.62. The first-order chi connectivity index (χ1) is 4.30. The molecule has 1 saturated heterocycles. The molecule has 0 N–H and O–H groups in total. The summed E-state index contributed by atoms with van der Waals surface area (Å²) in [6.45, 7) is 3.43. The lowest BCUT2D eigenvalue weighted by molar-refractivity contribution is 0.285. The van der Waals surface area contributed by atoms with Gasteiger partial charge in [-0.2, -0.15) is 0 Å². The molecule has 3 heteroatoms. The van der Waals surface area contributed by atoms with E-state index < -0.39 is 9.04 Å². The molecule has 1 nitrogen and oxygen atoms in total. The van der Waals surface area contributed by atoms with E-state index in [1.807, 2.05) is 0 Å². The predicted octanol–water partition coefficient (Wildman–Crippen LogP) is 0.234. The zero-order valence-electron chi connectivity index (χ0n) is 6.39. The Morgan fingerprint density at radius 2 is 2.33 bits per heavy atom. The van der Waals surface area contributed by atoms with Crippen LogP contribution in [0.5, 0.6) is 0 Å². The first kappa shape index (κ1) is 7.50. The van der Waals surface area contributed by atoms with Gasteiger partial charge >= 0.3 is 0 Å². The van der Waals surface area contributed by atoms with Crippen molar-refractivity contribution in [3.8, 4) is 0 Å². The van der Waals surface area contributed by atoms with Crippen molar-refractivity contribution in [2.75, 3.05) is 6.61 Å². The predicted molar refractivity (Wildman–Crippen MR) is 46.5 cm³/mol. The topological polar surface area (TPSA) is 9.23 Å². The molecule has 0 bridgehead atoms. The lowest BCUT2D eigenvalue weighted by Gasteiger charge is -2.23. The van der Waals surface area contributed by atoms with Gasteiger partial charge in [-0.1, -0.05) is 13.3 Å². The molecule has 2 unspecified atom stereocenters. The van der Waals surface area contributed by atoms with Crippen LogP contribution in [0.2, 0.25) is 11.2 Å². The molecular weight excluding hydrogens is 144 g/mol. The van der Waals surface area contributed by atoms with E-state index in [-0.39, 0.29) is 0 Å². The third-order valence-corrected chi connectivity index (χ3v) is 7.32. The normalized spacial score (nSPS) is 32.3. The van der Waals surface area contributed by atoms with Crippen molar-refractivity contribution in [2.24, 2.45) is 0 Å². The lowest BCUT2D eigenvalue weighted by Crippen LogP contribution is -2.27. The average molecular weight is 160 g/mol. The molecule has 1 rings (SSSR count). The molecule has 0 aromatic carbocycles. The SMILES string of the molecule is CC([SiH3])[SiH]1CCCCO1. The Morgan fingerprint density at radius 1 is 1.56 bits per heavy atom. The Bertz CT molecular complexity index is 79.1. The Kier molecular flexibility index (Phi) is 2.95. The van der Waals surface area contributed by atoms with Gasteiger partial charge in [0.05, 0.1) is 0 Å². The van der Waals surface area contributed by atoms with E-state index >= 15 is 0 Å². The van der Waals surface area contributed by atoms with E-state index in [1.54, 1.807) is 0 Å². The lowest BCUT2D eigenvalue weighted by atomic mass is 10.4. The fraction of sp³-hybridized carbons (Fsp3) is 1.00. The van der Waals surface area contributed by atoms with Crippen LogP contribution in [0.1, 0.15) is 19.8 Å². The van der Waals surface area contributed by atoms with Crippen molar-refractivity contribution in [3.63, 3.8) is 0 Å². The van der Waals surface area contributed by atoms with Gasteiger partial charge < -0.3 is 4.43 Å². The van der Waals surface area contributed by atoms with E-state index in [9.17, 15) is 0 Å². The molecule has 0 spiro atoms. The van der Waals surface area contributed by atoms with Crippen molar-refractivity contribution in [1.82, 2.24) is 0 Å². The van der Waals surface area contributed by atoms with Gasteiger partial charge in [0.1, 0.15) is 0 Å². The summed E-state index contributed by atoms with van der Waals surface area (Å²) in [5.41, 5.74) is 0. The van der Waals surface area contributed by atoms with E-state index in [0.29, 0.717) is 0 Å². The number of rotatable bonds is 1. The van der Waals surface area contributed by atoms with Crippen LogP contribution in [0.3, 0.4) is 0 Å². The van der Waals surface area contributed by atoms with Crippen molar-refractivity contribution in [1.29, 1.82) is 0 Å². The van der Waals surface area contributed by atoms with Crippen LogP contribution in [-0.4, -0.2) is 25.9 Å². The second-order valence-corrected chi connectivity index (χ2v) is 9.62. The Morgan fingerprint density at radius 3 is 2.67 bits per heavy atom. The summed E-state index contributed by atoms with van der Waals surface area (Å²) < 4.78 is 5.71. The second kappa shape index (κ2) is 3.53. The highest BCUT2D eigenvalue weighted by atomic mass is 28.3. The molecule has 9 heavy (non-hydrogen) atoms. The molecule has 0 aromatic rings. The quantitative estimate of drug-likeness (QED) is 0.499. The Balaban J connectivity index is 2.23. The summed E-state index contributed by atoms with van der Waals surface area (Å²) in [5.74, 6) is 0. The third kappa shape index (κ3) is 2.23. The van der Waals surface area contributed by atoms with Gasteiger partial charge in [-0.15, -0.1) is 0 Å². The van der Waals surface area contributed by atoms with Crippen LogP contribution >= 0.6 is 0 Å². The summed E-state index contributed by atoms with van der Waals surface area (Å²) in [6.07, 6.45) is 2.77. The molecule has 54 valence electrons. The largest absolute Gasteiger partial charge is 0.420 e. The highest BCUT2D eigenvalue weighted by Gasteiger charge is 2.18. The molecule has 1 aliphatic rings. The minimum absolute atomic E-state index is 0.638. The van der Waals surface area contributed by atoms with E-state index in [2.05, 4.69) is 6.92 Å². The number of hydrogen-bond acceptors (Lipinski definition) is 1. The maximum absolute atomic E-state index is 5.71. The first-order valence-electron chi connectivity index (χ1n) is 3.92. The monoisotopic (exact) mass is 160 g/mol. The summed E-state index contributed by atoms with van der Waals surface area (Å²) in [5, 5.41) is 0.991. The van der Waals surface area contributed by atoms with Crippen molar-refractivity contribution >= 4 is 19.3 Å². The minimum Gasteiger partial charge on any atom is -0.420 e. The highest BCUT2D eigenvalue weighted by Crippen LogP contribution is 2.18. The summed E-state index contributed by atoms with van der Waals surface area (Å²) in [6, 6.07) is 1.45. The Hall–Kier alpha value is 0.394. The van der Waals surface area contributed by atoms with E-state index in [4.69, 9.17) is 4.43 Å². The van der Waals surface area contributed by atoms with Crippen molar-refractivity contribution in [3.05, 3.63) is 0 Å². The first-order valence-corrected chi connectivity index (χ1v) is 7.03. The fourth-order valence-corrected chi connectivity index (χ4v) is 5.25. The van der Waals surface area contributed by atoms with Gasteiger partial charge in [-0.3, -0.25) is 0 Å². The zero-order chi connectivity index (χ0) is 6.69. The zero-order valence-corrected chi connectivity index (χ0v) is 9.55. The molecule has 1 fully saturated rings. The Labute approximate surface area is 61.9 Å². The van der Waals surface area contributed by atoms with Gasteiger partial charge in [0.15, 0.2) is 9.04 Å². The average Bonchev–Trinajstić information content (AvgIpc) is 1.90. The summed E-state index contributed by atoms with van der Waals surface area (Å²) in [4.78, 5) is 0. The molecular formula is C6H16OSi2. The maximum Gasteiger partial charge on any atom is 0.176 e. The summed E-state index contributed by atoms with van der Waals surface area (Å²) >= 11 is 0.